The Hall–Kier alpha value is -1.42. The molecule has 2 rings (SSSR count). The molecule has 1 aromatic rings. The first kappa shape index (κ1) is 23.9. The third-order valence-corrected chi connectivity index (χ3v) is 4.53. The number of carbonyl (C=O) groups excluding carboxylic acids is 3. The van der Waals surface area contributed by atoms with Crippen molar-refractivity contribution in [3.05, 3.63) is 17.3 Å². The molecule has 2 heterocycles. The molecule has 1 unspecified atom stereocenters. The minimum Gasteiger partial charge on any atom is -0.464 e. The first-order valence-corrected chi connectivity index (χ1v) is 10.2. The molecule has 2 amide bonds. The normalized spacial score (nSPS) is 17.7. The third kappa shape index (κ3) is 6.53. The Morgan fingerprint density at radius 3 is 2.66 bits per heavy atom. The molecule has 0 saturated carbocycles. The highest BCUT2D eigenvalue weighted by Gasteiger charge is 2.37. The Kier molecular flexibility index (Phi) is 8.28. The summed E-state index contributed by atoms with van der Waals surface area (Å²) >= 11 is 22.6. The van der Waals surface area contributed by atoms with E-state index in [1.807, 2.05) is 0 Å². The molecular formula is C16H19Cl4N3O6. The fourth-order valence-corrected chi connectivity index (χ4v) is 3.02. The smallest absolute Gasteiger partial charge is 0.410 e. The maximum atomic E-state index is 12.4. The van der Waals surface area contributed by atoms with Crippen LogP contribution < -0.4 is 5.32 Å². The summed E-state index contributed by atoms with van der Waals surface area (Å²) in [6.45, 7) is 3.24. The topological polar surface area (TPSA) is 111 Å². The van der Waals surface area contributed by atoms with Gasteiger partial charge >= 0.3 is 12.1 Å². The van der Waals surface area contributed by atoms with Crippen LogP contribution in [-0.4, -0.2) is 56.9 Å². The highest BCUT2D eigenvalue weighted by molar-refractivity contribution is 6.67. The van der Waals surface area contributed by atoms with Gasteiger partial charge in [-0.25, -0.2) is 14.6 Å². The predicted octanol–water partition coefficient (Wildman–Crippen LogP) is 3.48. The van der Waals surface area contributed by atoms with Gasteiger partial charge in [0, 0.05) is 6.54 Å². The second kappa shape index (κ2) is 10.1. The van der Waals surface area contributed by atoms with E-state index in [0.29, 0.717) is 19.4 Å². The van der Waals surface area contributed by atoms with Gasteiger partial charge in [-0.3, -0.25) is 9.69 Å². The van der Waals surface area contributed by atoms with Crippen LogP contribution in [0.4, 0.5) is 4.79 Å². The molecule has 0 bridgehead atoms. The lowest BCUT2D eigenvalue weighted by Gasteiger charge is -2.22. The maximum absolute atomic E-state index is 12.4. The second-order valence-electron chi connectivity index (χ2n) is 6.07. The maximum Gasteiger partial charge on any atom is 0.410 e. The molecule has 1 aromatic heterocycles. The SMILES string of the molecule is CCOC(=O)C(Cl)NC(=O)c1nc([C@@H]2CCCN2C(=O)OCC(Cl)(Cl)Cl)oc1C. The molecule has 1 saturated heterocycles. The molecular weight excluding hydrogens is 472 g/mol. The zero-order valence-corrected chi connectivity index (χ0v) is 18.6. The van der Waals surface area contributed by atoms with Crippen LogP contribution in [0.15, 0.2) is 4.42 Å². The van der Waals surface area contributed by atoms with E-state index in [4.69, 9.17) is 60.3 Å². The first-order valence-electron chi connectivity index (χ1n) is 8.62. The van der Waals surface area contributed by atoms with Gasteiger partial charge in [0.2, 0.25) is 15.2 Å². The summed E-state index contributed by atoms with van der Waals surface area (Å²) in [5, 5.41) is 2.28. The number of rotatable bonds is 6. The van der Waals surface area contributed by atoms with Gasteiger partial charge in [-0.1, -0.05) is 46.4 Å². The lowest BCUT2D eigenvalue weighted by atomic mass is 10.2. The number of hydrogen-bond acceptors (Lipinski definition) is 7. The average Bonchev–Trinajstić information content (AvgIpc) is 3.25. The van der Waals surface area contributed by atoms with Crippen LogP contribution in [0.3, 0.4) is 0 Å². The number of nitrogens with one attached hydrogen (secondary N) is 1. The number of esters is 1. The molecule has 2 atom stereocenters. The van der Waals surface area contributed by atoms with Gasteiger partial charge in [0.1, 0.15) is 18.4 Å². The molecule has 29 heavy (non-hydrogen) atoms. The van der Waals surface area contributed by atoms with Gasteiger partial charge in [0.15, 0.2) is 5.69 Å². The van der Waals surface area contributed by atoms with Crippen LogP contribution in [-0.2, 0) is 14.3 Å². The Morgan fingerprint density at radius 1 is 1.34 bits per heavy atom. The average molecular weight is 491 g/mol. The predicted molar refractivity (Wildman–Crippen MR) is 105 cm³/mol. The van der Waals surface area contributed by atoms with Crippen molar-refractivity contribution in [1.29, 1.82) is 0 Å². The highest BCUT2D eigenvalue weighted by atomic mass is 35.6. The van der Waals surface area contributed by atoms with Crippen molar-refractivity contribution >= 4 is 64.4 Å². The van der Waals surface area contributed by atoms with Crippen molar-refractivity contribution in [2.75, 3.05) is 19.8 Å². The number of halogens is 4. The van der Waals surface area contributed by atoms with Gasteiger partial charge in [0.25, 0.3) is 5.91 Å². The first-order chi connectivity index (χ1) is 13.5. The second-order valence-corrected chi connectivity index (χ2v) is 9.02. The number of amides is 2. The van der Waals surface area contributed by atoms with Gasteiger partial charge in [-0.2, -0.15) is 0 Å². The number of likely N-dealkylation sites (tertiary alicyclic amines) is 1. The Labute approximate surface area is 186 Å². The van der Waals surface area contributed by atoms with Crippen LogP contribution in [0.5, 0.6) is 0 Å². The quantitative estimate of drug-likeness (QED) is 0.369. The molecule has 1 aliphatic heterocycles. The molecule has 0 radical (unpaired) electrons. The lowest BCUT2D eigenvalue weighted by Crippen LogP contribution is -2.38. The third-order valence-electron chi connectivity index (χ3n) is 3.91. The van der Waals surface area contributed by atoms with Crippen LogP contribution >= 0.6 is 46.4 Å². The zero-order valence-electron chi connectivity index (χ0n) is 15.5. The molecule has 0 spiro atoms. The van der Waals surface area contributed by atoms with Crippen molar-refractivity contribution in [3.63, 3.8) is 0 Å². The monoisotopic (exact) mass is 489 g/mol. The number of carbonyl (C=O) groups is 3. The summed E-state index contributed by atoms with van der Waals surface area (Å²) in [6, 6.07) is -0.546. The summed E-state index contributed by atoms with van der Waals surface area (Å²) < 4.78 is 13.6. The van der Waals surface area contributed by atoms with Gasteiger partial charge < -0.3 is 19.2 Å². The lowest BCUT2D eigenvalue weighted by molar-refractivity contribution is -0.143. The van der Waals surface area contributed by atoms with E-state index >= 15 is 0 Å². The van der Waals surface area contributed by atoms with Crippen molar-refractivity contribution in [2.45, 2.75) is 42.0 Å². The standard InChI is InChI=1S/C16H19Cl4N3O6/c1-3-27-14(25)11(17)22-12(24)10-8(2)29-13(21-10)9-5-4-6-23(9)15(26)28-7-16(18,19)20/h9,11H,3-7H2,1-2H3,(H,22,24)/t9-,11?/m0/s1. The van der Waals surface area contributed by atoms with Crippen molar-refractivity contribution in [2.24, 2.45) is 0 Å². The van der Waals surface area contributed by atoms with E-state index in [-0.39, 0.29) is 24.0 Å². The van der Waals surface area contributed by atoms with Crippen molar-refractivity contribution in [1.82, 2.24) is 15.2 Å². The van der Waals surface area contributed by atoms with Gasteiger partial charge in [-0.05, 0) is 26.7 Å². The molecule has 0 aliphatic carbocycles. The Morgan fingerprint density at radius 2 is 2.03 bits per heavy atom. The molecule has 13 heteroatoms. The Bertz CT molecular complexity index is 766. The van der Waals surface area contributed by atoms with E-state index in [1.165, 1.54) is 11.8 Å². The van der Waals surface area contributed by atoms with E-state index in [2.05, 4.69) is 10.3 Å². The van der Waals surface area contributed by atoms with E-state index in [9.17, 15) is 14.4 Å². The van der Waals surface area contributed by atoms with Gasteiger partial charge in [-0.15, -0.1) is 0 Å². The number of hydrogen-bond donors (Lipinski definition) is 1. The number of alkyl halides is 4. The molecule has 1 N–H and O–H groups in total. The number of nitrogens with zero attached hydrogens (tertiary/aromatic N) is 2. The summed E-state index contributed by atoms with van der Waals surface area (Å²) in [5.41, 5.74) is -1.43. The minimum atomic E-state index is -1.73. The van der Waals surface area contributed by atoms with Crippen LogP contribution in [0, 0.1) is 6.92 Å². The number of aryl methyl sites for hydroxylation is 1. The molecule has 1 fully saturated rings. The van der Waals surface area contributed by atoms with Crippen molar-refractivity contribution < 1.29 is 28.3 Å². The number of ether oxygens (including phenoxy) is 2. The zero-order chi connectivity index (χ0) is 21.8. The Balaban J connectivity index is 2.09. The summed E-state index contributed by atoms with van der Waals surface area (Å²) in [6.07, 6.45) is 0.525. The molecule has 9 nitrogen and oxygen atoms in total. The summed E-state index contributed by atoms with van der Waals surface area (Å²) in [4.78, 5) is 41.8. The largest absolute Gasteiger partial charge is 0.464 e. The van der Waals surface area contributed by atoms with Crippen LogP contribution in [0.25, 0.3) is 0 Å². The molecule has 162 valence electrons. The minimum absolute atomic E-state index is 0.0588. The van der Waals surface area contributed by atoms with Crippen molar-refractivity contribution in [3.8, 4) is 0 Å². The van der Waals surface area contributed by atoms with E-state index < -0.39 is 39.9 Å². The fourth-order valence-electron chi connectivity index (χ4n) is 2.70. The summed E-state index contributed by atoms with van der Waals surface area (Å²) in [5.74, 6) is -1.15. The van der Waals surface area contributed by atoms with Gasteiger partial charge in [0.05, 0.1) is 6.61 Å². The number of aromatic nitrogens is 1. The fraction of sp³-hybridized carbons (Fsp3) is 0.625. The van der Waals surface area contributed by atoms with E-state index in [0.717, 1.165) is 0 Å². The highest BCUT2D eigenvalue weighted by Crippen LogP contribution is 2.34. The van der Waals surface area contributed by atoms with Crippen LogP contribution in [0.1, 0.15) is 47.9 Å². The van der Waals surface area contributed by atoms with E-state index in [1.54, 1.807) is 6.92 Å². The summed E-state index contributed by atoms with van der Waals surface area (Å²) in [7, 11) is 0. The molecule has 1 aliphatic rings. The molecule has 0 aromatic carbocycles. The van der Waals surface area contributed by atoms with Crippen LogP contribution in [0.2, 0.25) is 0 Å². The number of oxazole rings is 1.